The normalized spacial score (nSPS) is 37.6. The number of benzene rings is 1. The maximum Gasteiger partial charge on any atom is 0.165 e. The van der Waals surface area contributed by atoms with Gasteiger partial charge >= 0.3 is 0 Å². The first-order valence-electron chi connectivity index (χ1n) is 8.37. The van der Waals surface area contributed by atoms with Crippen molar-refractivity contribution in [1.82, 2.24) is 0 Å². The average molecular weight is 315 g/mol. The maximum absolute atomic E-state index is 14.1. The zero-order chi connectivity index (χ0) is 16.2. The summed E-state index contributed by atoms with van der Waals surface area (Å²) in [4.78, 5) is 11.0. The number of carboxylic acid groups (broad SMARTS) is 1. The highest BCUT2D eigenvalue weighted by molar-refractivity contribution is 5.86. The molecule has 0 amide bonds. The van der Waals surface area contributed by atoms with Gasteiger partial charge in [-0.3, -0.25) is 0 Å². The van der Waals surface area contributed by atoms with Crippen molar-refractivity contribution < 1.29 is 19.0 Å². The van der Waals surface area contributed by atoms with E-state index in [1.165, 1.54) is 31.4 Å². The summed E-state index contributed by atoms with van der Waals surface area (Å²) >= 11 is 0. The lowest BCUT2D eigenvalue weighted by atomic mass is 9.73. The first kappa shape index (κ1) is 14.7. The molecule has 0 N–H and O–H groups in total. The molecule has 4 rings (SSSR count). The number of carboxylic acids is 1. The lowest BCUT2D eigenvalue weighted by molar-refractivity contribution is -0.255. The van der Waals surface area contributed by atoms with Gasteiger partial charge < -0.3 is 14.6 Å². The number of carbonyl (C=O) groups excluding carboxylic acids is 1. The molecule has 0 saturated heterocycles. The van der Waals surface area contributed by atoms with Crippen molar-refractivity contribution in [2.45, 2.75) is 37.7 Å². The Bertz CT molecular complexity index is 671. The van der Waals surface area contributed by atoms with Gasteiger partial charge in [-0.2, -0.15) is 0 Å². The third-order valence-corrected chi connectivity index (χ3v) is 6.33. The van der Waals surface area contributed by atoms with E-state index in [9.17, 15) is 14.3 Å². The third-order valence-electron chi connectivity index (χ3n) is 6.33. The van der Waals surface area contributed by atoms with E-state index in [2.05, 4.69) is 6.58 Å². The molecule has 5 atom stereocenters. The van der Waals surface area contributed by atoms with Gasteiger partial charge in [0.05, 0.1) is 5.97 Å². The van der Waals surface area contributed by atoms with Crippen LogP contribution in [-0.4, -0.2) is 11.6 Å². The van der Waals surface area contributed by atoms with Crippen molar-refractivity contribution in [3.8, 4) is 5.75 Å². The van der Waals surface area contributed by atoms with Crippen molar-refractivity contribution >= 4 is 5.97 Å². The number of hydrogen-bond donors (Lipinski definition) is 0. The smallest absolute Gasteiger partial charge is 0.165 e. The average Bonchev–Trinajstić information content (AvgIpc) is 3.20. The van der Waals surface area contributed by atoms with Crippen molar-refractivity contribution in [2.24, 2.45) is 23.7 Å². The molecule has 5 unspecified atom stereocenters. The molecule has 3 aliphatic rings. The van der Waals surface area contributed by atoms with Crippen molar-refractivity contribution in [3.05, 3.63) is 42.2 Å². The van der Waals surface area contributed by atoms with Crippen LogP contribution in [0.2, 0.25) is 0 Å². The fraction of sp³-hybridized carbons (Fsp3) is 0.526. The molecule has 0 radical (unpaired) electrons. The second kappa shape index (κ2) is 5.08. The van der Waals surface area contributed by atoms with E-state index in [4.69, 9.17) is 4.74 Å². The molecule has 1 aromatic carbocycles. The predicted octanol–water partition coefficient (Wildman–Crippen LogP) is 2.95. The zero-order valence-corrected chi connectivity index (χ0v) is 13.0. The minimum Gasteiger partial charge on any atom is -0.545 e. The molecule has 23 heavy (non-hydrogen) atoms. The standard InChI is InChI=1S/C19H21FO3/c1-2-19(10-12-8-15(19)14-5-3-4-13(12)14)23-17-9-11(18(21)22)6-7-16(17)20/h2,6-7,9,12-15H,1,3-5,8,10H2,(H,21,22)/p-1. The van der Waals surface area contributed by atoms with Crippen LogP contribution >= 0.6 is 0 Å². The number of ether oxygens (including phenoxy) is 1. The second-order valence-corrected chi connectivity index (χ2v) is 7.26. The summed E-state index contributed by atoms with van der Waals surface area (Å²) in [5.41, 5.74) is -0.635. The summed E-state index contributed by atoms with van der Waals surface area (Å²) in [5.74, 6) is 0.540. The zero-order valence-electron chi connectivity index (χ0n) is 13.0. The highest BCUT2D eigenvalue weighted by atomic mass is 19.1. The number of carbonyl (C=O) groups is 1. The minimum absolute atomic E-state index is 0.00584. The highest BCUT2D eigenvalue weighted by Gasteiger charge is 2.61. The van der Waals surface area contributed by atoms with E-state index in [0.717, 1.165) is 24.8 Å². The molecular weight excluding hydrogens is 295 g/mol. The molecular formula is C19H20FO3-. The van der Waals surface area contributed by atoms with Gasteiger partial charge in [-0.15, -0.1) is 0 Å². The maximum atomic E-state index is 14.1. The van der Waals surface area contributed by atoms with E-state index < -0.39 is 17.4 Å². The van der Waals surface area contributed by atoms with Crippen molar-refractivity contribution in [3.63, 3.8) is 0 Å². The minimum atomic E-state index is -1.33. The van der Waals surface area contributed by atoms with Gasteiger partial charge in [0, 0.05) is 11.5 Å². The van der Waals surface area contributed by atoms with Gasteiger partial charge in [0.15, 0.2) is 11.6 Å². The number of hydrogen-bond acceptors (Lipinski definition) is 3. The molecule has 1 aromatic rings. The van der Waals surface area contributed by atoms with E-state index in [0.29, 0.717) is 17.8 Å². The van der Waals surface area contributed by atoms with Crippen LogP contribution in [0.3, 0.4) is 0 Å². The highest BCUT2D eigenvalue weighted by Crippen LogP contribution is 2.63. The molecule has 3 fully saturated rings. The van der Waals surface area contributed by atoms with Gasteiger partial charge in [-0.25, -0.2) is 4.39 Å². The number of fused-ring (bicyclic) bond motifs is 5. The molecule has 3 nitrogen and oxygen atoms in total. The van der Waals surface area contributed by atoms with Gasteiger partial charge in [0.1, 0.15) is 5.60 Å². The molecule has 122 valence electrons. The Morgan fingerprint density at radius 3 is 2.91 bits per heavy atom. The largest absolute Gasteiger partial charge is 0.545 e. The molecule has 4 heteroatoms. The predicted molar refractivity (Wildman–Crippen MR) is 81.3 cm³/mol. The second-order valence-electron chi connectivity index (χ2n) is 7.26. The molecule has 0 aromatic heterocycles. The first-order chi connectivity index (χ1) is 11.0. The van der Waals surface area contributed by atoms with Crippen LogP contribution in [-0.2, 0) is 0 Å². The lowest BCUT2D eigenvalue weighted by Crippen LogP contribution is -2.44. The molecule has 0 spiro atoms. The number of rotatable bonds is 4. The molecule has 3 aliphatic carbocycles. The van der Waals surface area contributed by atoms with Gasteiger partial charge in [-0.1, -0.05) is 13.0 Å². The van der Waals surface area contributed by atoms with Crippen LogP contribution in [0.4, 0.5) is 4.39 Å². The van der Waals surface area contributed by atoms with Crippen molar-refractivity contribution in [1.29, 1.82) is 0 Å². The number of halogens is 1. The fourth-order valence-electron chi connectivity index (χ4n) is 5.44. The van der Waals surface area contributed by atoms with E-state index >= 15 is 0 Å². The van der Waals surface area contributed by atoms with E-state index in [-0.39, 0.29) is 11.3 Å². The summed E-state index contributed by atoms with van der Waals surface area (Å²) < 4.78 is 20.2. The SMILES string of the molecule is C=CC1(Oc2cc(C(=O)[O-])ccc2F)CC2CC1C1CCCC21. The summed E-state index contributed by atoms with van der Waals surface area (Å²) in [6.45, 7) is 3.96. The molecule has 2 bridgehead atoms. The number of aromatic carboxylic acids is 1. The van der Waals surface area contributed by atoms with Crippen LogP contribution in [0.25, 0.3) is 0 Å². The summed E-state index contributed by atoms with van der Waals surface area (Å²) in [5, 5.41) is 11.0. The Hall–Kier alpha value is -1.84. The lowest BCUT2D eigenvalue weighted by Gasteiger charge is -2.41. The third kappa shape index (κ3) is 2.11. The van der Waals surface area contributed by atoms with Crippen LogP contribution in [0.15, 0.2) is 30.9 Å². The summed E-state index contributed by atoms with van der Waals surface area (Å²) in [7, 11) is 0. The molecule has 0 heterocycles. The van der Waals surface area contributed by atoms with Gasteiger partial charge in [-0.05, 0) is 67.7 Å². The van der Waals surface area contributed by atoms with Crippen LogP contribution in [0.5, 0.6) is 5.75 Å². The molecule has 0 aliphatic heterocycles. The van der Waals surface area contributed by atoms with Gasteiger partial charge in [0.25, 0.3) is 0 Å². The molecule has 3 saturated carbocycles. The Morgan fingerprint density at radius 2 is 2.17 bits per heavy atom. The summed E-state index contributed by atoms with van der Waals surface area (Å²) in [6.07, 6.45) is 7.57. The van der Waals surface area contributed by atoms with Crippen LogP contribution in [0.1, 0.15) is 42.5 Å². The topological polar surface area (TPSA) is 49.4 Å². The quantitative estimate of drug-likeness (QED) is 0.803. The Morgan fingerprint density at radius 1 is 1.39 bits per heavy atom. The fourth-order valence-corrected chi connectivity index (χ4v) is 5.44. The Balaban J connectivity index is 1.66. The Kier molecular flexibility index (Phi) is 3.26. The Labute approximate surface area is 135 Å². The van der Waals surface area contributed by atoms with Crippen molar-refractivity contribution in [2.75, 3.05) is 0 Å². The first-order valence-corrected chi connectivity index (χ1v) is 8.37. The van der Waals surface area contributed by atoms with Crippen LogP contribution < -0.4 is 9.84 Å². The summed E-state index contributed by atoms with van der Waals surface area (Å²) in [6, 6.07) is 3.56. The van der Waals surface area contributed by atoms with E-state index in [1.54, 1.807) is 0 Å². The van der Waals surface area contributed by atoms with E-state index in [1.807, 2.05) is 6.08 Å². The van der Waals surface area contributed by atoms with Crippen LogP contribution in [0, 0.1) is 29.5 Å². The van der Waals surface area contributed by atoms with Gasteiger partial charge in [0.2, 0.25) is 0 Å². The monoisotopic (exact) mass is 315 g/mol.